The lowest BCUT2D eigenvalue weighted by Crippen LogP contribution is -2.38. The molecule has 3 N–H and O–H groups in total. The molecule has 7 heteroatoms. The number of nitro groups is 1. The average Bonchev–Trinajstić information content (AvgIpc) is 2.48. The zero-order valence-corrected chi connectivity index (χ0v) is 12.6. The van der Waals surface area contributed by atoms with Gasteiger partial charge in [0, 0.05) is 25.6 Å². The van der Waals surface area contributed by atoms with Crippen molar-refractivity contribution in [3.8, 4) is 0 Å². The maximum Gasteiger partial charge on any atom is 0.292 e. The fraction of sp³-hybridized carbons (Fsp3) is 0.533. The molecule has 120 valence electrons. The Morgan fingerprint density at radius 2 is 2.14 bits per heavy atom. The molecule has 0 spiro atoms. The lowest BCUT2D eigenvalue weighted by Gasteiger charge is -2.31. The van der Waals surface area contributed by atoms with Crippen LogP contribution >= 0.6 is 0 Å². The van der Waals surface area contributed by atoms with Gasteiger partial charge in [-0.2, -0.15) is 0 Å². The van der Waals surface area contributed by atoms with Gasteiger partial charge in [0.1, 0.15) is 5.69 Å². The van der Waals surface area contributed by atoms with Gasteiger partial charge in [-0.25, -0.2) is 0 Å². The minimum absolute atomic E-state index is 0.0441. The lowest BCUT2D eigenvalue weighted by atomic mass is 9.86. The van der Waals surface area contributed by atoms with Gasteiger partial charge in [0.2, 0.25) is 0 Å². The van der Waals surface area contributed by atoms with Gasteiger partial charge in [0.05, 0.1) is 16.6 Å². The van der Waals surface area contributed by atoms with Crippen LogP contribution in [-0.4, -0.2) is 40.5 Å². The standard InChI is InChI=1S/C15H21N3O4/c1-17(9-10-5-2-3-8-13(10)19)15(20)11-6-4-7-12(14(11)16)18(21)22/h4,6-7,10,13,19H,2-3,5,8-9,16H2,1H3. The number of nitro benzene ring substituents is 1. The lowest BCUT2D eigenvalue weighted by molar-refractivity contribution is -0.383. The first-order valence-electron chi connectivity index (χ1n) is 7.38. The summed E-state index contributed by atoms with van der Waals surface area (Å²) in [6, 6.07) is 4.21. The summed E-state index contributed by atoms with van der Waals surface area (Å²) in [4.78, 5) is 24.2. The molecule has 1 saturated carbocycles. The smallest absolute Gasteiger partial charge is 0.292 e. The molecule has 22 heavy (non-hydrogen) atoms. The van der Waals surface area contributed by atoms with Crippen molar-refractivity contribution in [2.45, 2.75) is 31.8 Å². The number of amides is 1. The van der Waals surface area contributed by atoms with Gasteiger partial charge in [-0.1, -0.05) is 18.9 Å². The molecule has 0 aliphatic heterocycles. The summed E-state index contributed by atoms with van der Waals surface area (Å²) < 4.78 is 0. The number of benzene rings is 1. The van der Waals surface area contributed by atoms with E-state index in [-0.39, 0.29) is 28.8 Å². The average molecular weight is 307 g/mol. The predicted octanol–water partition coefficient (Wildman–Crippen LogP) is 1.80. The molecule has 1 amide bonds. The Hall–Kier alpha value is -2.15. The summed E-state index contributed by atoms with van der Waals surface area (Å²) >= 11 is 0. The second-order valence-corrected chi connectivity index (χ2v) is 5.79. The number of anilines is 1. The van der Waals surface area contributed by atoms with Crippen LogP contribution in [0.5, 0.6) is 0 Å². The van der Waals surface area contributed by atoms with E-state index in [0.29, 0.717) is 6.54 Å². The number of carbonyl (C=O) groups excluding carboxylic acids is 1. The minimum Gasteiger partial charge on any atom is -0.393 e. The second kappa shape index (κ2) is 6.74. The van der Waals surface area contributed by atoms with E-state index < -0.39 is 11.0 Å². The molecule has 1 aliphatic carbocycles. The van der Waals surface area contributed by atoms with Crippen molar-refractivity contribution < 1.29 is 14.8 Å². The third kappa shape index (κ3) is 3.36. The maximum absolute atomic E-state index is 12.5. The van der Waals surface area contributed by atoms with Crippen LogP contribution in [0.4, 0.5) is 11.4 Å². The second-order valence-electron chi connectivity index (χ2n) is 5.79. The first-order chi connectivity index (χ1) is 10.4. The number of nitrogens with zero attached hydrogens (tertiary/aromatic N) is 2. The Bertz CT molecular complexity index is 576. The molecule has 7 nitrogen and oxygen atoms in total. The number of carbonyl (C=O) groups is 1. The third-order valence-electron chi connectivity index (χ3n) is 4.23. The molecule has 1 aliphatic rings. The van der Waals surface area contributed by atoms with Crippen LogP contribution in [0.3, 0.4) is 0 Å². The van der Waals surface area contributed by atoms with Crippen LogP contribution in [0.15, 0.2) is 18.2 Å². The van der Waals surface area contributed by atoms with Gasteiger partial charge in [-0.3, -0.25) is 14.9 Å². The van der Waals surface area contributed by atoms with E-state index in [1.807, 2.05) is 0 Å². The monoisotopic (exact) mass is 307 g/mol. The summed E-state index contributed by atoms with van der Waals surface area (Å²) in [5.41, 5.74) is 5.49. The van der Waals surface area contributed by atoms with Gasteiger partial charge >= 0.3 is 0 Å². The molecule has 1 aromatic rings. The number of rotatable bonds is 4. The van der Waals surface area contributed by atoms with Gasteiger partial charge in [-0.15, -0.1) is 0 Å². The maximum atomic E-state index is 12.5. The molecule has 0 heterocycles. The number of para-hydroxylation sites is 1. The van der Waals surface area contributed by atoms with Crippen LogP contribution in [0.25, 0.3) is 0 Å². The van der Waals surface area contributed by atoms with Crippen LogP contribution in [0.2, 0.25) is 0 Å². The van der Waals surface area contributed by atoms with E-state index in [2.05, 4.69) is 0 Å². The van der Waals surface area contributed by atoms with Crippen molar-refractivity contribution >= 4 is 17.3 Å². The van der Waals surface area contributed by atoms with Crippen molar-refractivity contribution in [2.75, 3.05) is 19.3 Å². The number of hydrogen-bond donors (Lipinski definition) is 2. The van der Waals surface area contributed by atoms with E-state index >= 15 is 0 Å². The molecule has 0 saturated heterocycles. The number of hydrogen-bond acceptors (Lipinski definition) is 5. The van der Waals surface area contributed by atoms with E-state index in [1.165, 1.54) is 23.1 Å². The van der Waals surface area contributed by atoms with Crippen LogP contribution < -0.4 is 5.73 Å². The molecule has 2 unspecified atom stereocenters. The van der Waals surface area contributed by atoms with Crippen LogP contribution in [0, 0.1) is 16.0 Å². The Labute approximate surface area is 128 Å². The summed E-state index contributed by atoms with van der Waals surface area (Å²) in [6.45, 7) is 0.419. The molecular formula is C15H21N3O4. The Balaban J connectivity index is 2.13. The SMILES string of the molecule is CN(CC1CCCCC1O)C(=O)c1cccc([N+](=O)[O-])c1N. The fourth-order valence-corrected chi connectivity index (χ4v) is 2.94. The quantitative estimate of drug-likeness (QED) is 0.500. The van der Waals surface area contributed by atoms with Crippen molar-refractivity contribution in [3.05, 3.63) is 33.9 Å². The molecule has 0 aromatic heterocycles. The highest BCUT2D eigenvalue weighted by molar-refractivity contribution is 6.00. The van der Waals surface area contributed by atoms with E-state index in [9.17, 15) is 20.0 Å². The Morgan fingerprint density at radius 1 is 1.45 bits per heavy atom. The fourth-order valence-electron chi connectivity index (χ4n) is 2.94. The summed E-state index contributed by atoms with van der Waals surface area (Å²) in [7, 11) is 1.63. The van der Waals surface area contributed by atoms with Crippen molar-refractivity contribution in [1.29, 1.82) is 0 Å². The normalized spacial score (nSPS) is 21.4. The highest BCUT2D eigenvalue weighted by Gasteiger charge is 2.27. The van der Waals surface area contributed by atoms with E-state index in [0.717, 1.165) is 25.7 Å². The van der Waals surface area contributed by atoms with Gasteiger partial charge in [-0.05, 0) is 18.9 Å². The van der Waals surface area contributed by atoms with E-state index in [4.69, 9.17) is 5.73 Å². The molecule has 2 atom stereocenters. The topological polar surface area (TPSA) is 110 Å². The largest absolute Gasteiger partial charge is 0.393 e. The van der Waals surface area contributed by atoms with Gasteiger partial charge in [0.25, 0.3) is 11.6 Å². The molecular weight excluding hydrogens is 286 g/mol. The van der Waals surface area contributed by atoms with Crippen molar-refractivity contribution in [3.63, 3.8) is 0 Å². The van der Waals surface area contributed by atoms with Crippen molar-refractivity contribution in [1.82, 2.24) is 4.90 Å². The Morgan fingerprint density at radius 3 is 2.77 bits per heavy atom. The number of nitrogens with two attached hydrogens (primary N) is 1. The number of aliphatic hydroxyl groups excluding tert-OH is 1. The summed E-state index contributed by atoms with van der Waals surface area (Å²) in [6.07, 6.45) is 3.29. The van der Waals surface area contributed by atoms with Gasteiger partial charge < -0.3 is 15.7 Å². The minimum atomic E-state index is -0.600. The Kier molecular flexibility index (Phi) is 4.97. The molecule has 1 aromatic carbocycles. The first-order valence-corrected chi connectivity index (χ1v) is 7.38. The third-order valence-corrected chi connectivity index (χ3v) is 4.23. The highest BCUT2D eigenvalue weighted by Crippen LogP contribution is 2.28. The molecule has 0 bridgehead atoms. The van der Waals surface area contributed by atoms with E-state index in [1.54, 1.807) is 7.05 Å². The number of aliphatic hydroxyl groups is 1. The predicted molar refractivity (Wildman–Crippen MR) is 82.4 cm³/mol. The van der Waals surface area contributed by atoms with Crippen LogP contribution in [0.1, 0.15) is 36.0 Å². The molecule has 1 fully saturated rings. The first kappa shape index (κ1) is 16.2. The zero-order valence-electron chi connectivity index (χ0n) is 12.6. The summed E-state index contributed by atoms with van der Waals surface area (Å²) in [5, 5.41) is 20.9. The summed E-state index contributed by atoms with van der Waals surface area (Å²) in [5.74, 6) is -0.318. The van der Waals surface area contributed by atoms with Crippen molar-refractivity contribution in [2.24, 2.45) is 5.92 Å². The zero-order chi connectivity index (χ0) is 16.3. The molecule has 0 radical (unpaired) electrons. The van der Waals surface area contributed by atoms with Crippen LogP contribution in [-0.2, 0) is 0 Å². The highest BCUT2D eigenvalue weighted by atomic mass is 16.6. The van der Waals surface area contributed by atoms with Gasteiger partial charge in [0.15, 0.2) is 0 Å². The molecule has 2 rings (SSSR count). The number of nitrogen functional groups attached to an aromatic ring is 1.